The Morgan fingerprint density at radius 3 is 2.38 bits per heavy atom. The van der Waals surface area contributed by atoms with Gasteiger partial charge in [-0.3, -0.25) is 9.78 Å². The molecule has 0 saturated heterocycles. The Morgan fingerprint density at radius 2 is 1.64 bits per heavy atom. The molecule has 5 heteroatoms. The lowest BCUT2D eigenvalue weighted by atomic mass is 9.83. The highest BCUT2D eigenvalue weighted by Crippen LogP contribution is 2.38. The first kappa shape index (κ1) is 25.3. The van der Waals surface area contributed by atoms with Crippen molar-refractivity contribution in [3.8, 4) is 0 Å². The summed E-state index contributed by atoms with van der Waals surface area (Å²) in [6, 6.07) is 28.5. The smallest absolute Gasteiger partial charge is 0.228 e. The number of aryl methyl sites for hydroxylation is 1. The van der Waals surface area contributed by atoms with Crippen molar-refractivity contribution in [2.75, 3.05) is 6.61 Å². The summed E-state index contributed by atoms with van der Waals surface area (Å²) in [5, 5.41) is 15.6. The Labute approximate surface area is 229 Å². The predicted molar refractivity (Wildman–Crippen MR) is 157 cm³/mol. The summed E-state index contributed by atoms with van der Waals surface area (Å²) in [5.41, 5.74) is 6.60. The fourth-order valence-electron chi connectivity index (χ4n) is 6.45. The van der Waals surface area contributed by atoms with Gasteiger partial charge in [0.2, 0.25) is 5.91 Å². The standard InChI is InChI=1S/C34H35N3O2/c1-23-32-28-13-7-8-14-30(28)37(31(32)19-20-35-23)21-24-15-17-27(18-16-24)33(26-11-5-6-12-26)34(39)36-29(22-38)25-9-3-2-4-10-25/h2-4,7-10,13-20,26,29,33,38H,5-6,11-12,21-22H2,1H3,(H,36,39)/t29-,33?/m0/s1. The molecule has 0 spiro atoms. The third-order valence-corrected chi connectivity index (χ3v) is 8.41. The number of nitrogens with zero attached hydrogens (tertiary/aromatic N) is 2. The zero-order chi connectivity index (χ0) is 26.8. The predicted octanol–water partition coefficient (Wildman–Crippen LogP) is 6.67. The average Bonchev–Trinajstić information content (AvgIpc) is 3.61. The minimum Gasteiger partial charge on any atom is -0.394 e. The Balaban J connectivity index is 1.29. The number of aromatic nitrogens is 2. The van der Waals surface area contributed by atoms with Crippen molar-refractivity contribution in [1.82, 2.24) is 14.9 Å². The largest absolute Gasteiger partial charge is 0.394 e. The molecule has 1 unspecified atom stereocenters. The zero-order valence-corrected chi connectivity index (χ0v) is 22.4. The van der Waals surface area contributed by atoms with E-state index in [9.17, 15) is 9.90 Å². The molecule has 198 valence electrons. The van der Waals surface area contributed by atoms with Crippen LogP contribution in [-0.4, -0.2) is 27.2 Å². The number of aliphatic hydroxyl groups excluding tert-OH is 1. The minimum atomic E-state index is -0.407. The third kappa shape index (κ3) is 4.95. The molecule has 5 nitrogen and oxygen atoms in total. The molecule has 3 aromatic carbocycles. The van der Waals surface area contributed by atoms with Gasteiger partial charge in [0, 0.05) is 34.7 Å². The first-order chi connectivity index (χ1) is 19.1. The Hall–Kier alpha value is -3.96. The molecular formula is C34H35N3O2. The van der Waals surface area contributed by atoms with E-state index in [1.807, 2.05) is 36.5 Å². The summed E-state index contributed by atoms with van der Waals surface area (Å²) >= 11 is 0. The van der Waals surface area contributed by atoms with E-state index in [2.05, 4.69) is 76.4 Å². The number of carbonyl (C=O) groups excluding carboxylic acids is 1. The number of benzene rings is 3. The lowest BCUT2D eigenvalue weighted by molar-refractivity contribution is -0.124. The number of carbonyl (C=O) groups is 1. The SMILES string of the molecule is Cc1nccc2c1c1ccccc1n2Cc1ccc(C(C(=O)N[C@@H](CO)c2ccccc2)C2CCCC2)cc1. The number of pyridine rings is 1. The van der Waals surface area contributed by atoms with Gasteiger partial charge in [-0.1, -0.05) is 85.6 Å². The molecule has 2 atom stereocenters. The second-order valence-electron chi connectivity index (χ2n) is 10.8. The first-order valence-electron chi connectivity index (χ1n) is 14.0. The number of fused-ring (bicyclic) bond motifs is 3. The van der Waals surface area contributed by atoms with Crippen LogP contribution in [0.5, 0.6) is 0 Å². The van der Waals surface area contributed by atoms with Gasteiger partial charge < -0.3 is 15.0 Å². The summed E-state index contributed by atoms with van der Waals surface area (Å²) in [7, 11) is 0. The maximum absolute atomic E-state index is 13.7. The molecule has 5 aromatic rings. The van der Waals surface area contributed by atoms with Crippen molar-refractivity contribution in [1.29, 1.82) is 0 Å². The van der Waals surface area contributed by atoms with Crippen LogP contribution in [0.15, 0.2) is 91.1 Å². The van der Waals surface area contributed by atoms with Gasteiger partial charge >= 0.3 is 0 Å². The normalized spacial score (nSPS) is 15.5. The molecule has 0 radical (unpaired) electrons. The van der Waals surface area contributed by atoms with Crippen LogP contribution < -0.4 is 5.32 Å². The van der Waals surface area contributed by atoms with Crippen LogP contribution in [0.1, 0.15) is 60.0 Å². The van der Waals surface area contributed by atoms with Crippen molar-refractivity contribution in [3.63, 3.8) is 0 Å². The number of rotatable bonds is 8. The highest BCUT2D eigenvalue weighted by atomic mass is 16.3. The van der Waals surface area contributed by atoms with Crippen LogP contribution in [0.3, 0.4) is 0 Å². The molecular weight excluding hydrogens is 482 g/mol. The van der Waals surface area contributed by atoms with Gasteiger partial charge in [0.05, 0.1) is 24.1 Å². The highest BCUT2D eigenvalue weighted by molar-refractivity contribution is 6.09. The lowest BCUT2D eigenvalue weighted by Gasteiger charge is -2.26. The van der Waals surface area contributed by atoms with Crippen molar-refractivity contribution in [3.05, 3.63) is 114 Å². The van der Waals surface area contributed by atoms with Crippen LogP contribution >= 0.6 is 0 Å². The molecule has 1 aliphatic carbocycles. The minimum absolute atomic E-state index is 0.00271. The fourth-order valence-corrected chi connectivity index (χ4v) is 6.45. The third-order valence-electron chi connectivity index (χ3n) is 8.41. The topological polar surface area (TPSA) is 67.2 Å². The molecule has 0 aliphatic heterocycles. The van der Waals surface area contributed by atoms with Crippen molar-refractivity contribution in [2.24, 2.45) is 5.92 Å². The van der Waals surface area contributed by atoms with E-state index in [4.69, 9.17) is 0 Å². The molecule has 6 rings (SSSR count). The Bertz CT molecular complexity index is 1580. The van der Waals surface area contributed by atoms with E-state index in [-0.39, 0.29) is 18.4 Å². The number of hydrogen-bond donors (Lipinski definition) is 2. The number of para-hydroxylation sites is 1. The van der Waals surface area contributed by atoms with E-state index in [0.717, 1.165) is 49.0 Å². The van der Waals surface area contributed by atoms with E-state index >= 15 is 0 Å². The van der Waals surface area contributed by atoms with Gasteiger partial charge in [-0.05, 0) is 54.5 Å². The summed E-state index contributed by atoms with van der Waals surface area (Å²) in [6.45, 7) is 2.69. The van der Waals surface area contributed by atoms with Gasteiger partial charge in [0.15, 0.2) is 0 Å². The van der Waals surface area contributed by atoms with Crippen molar-refractivity contribution >= 4 is 27.7 Å². The van der Waals surface area contributed by atoms with E-state index in [1.54, 1.807) is 0 Å². The summed E-state index contributed by atoms with van der Waals surface area (Å²) < 4.78 is 2.36. The number of amides is 1. The van der Waals surface area contributed by atoms with Gasteiger partial charge in [-0.15, -0.1) is 0 Å². The molecule has 1 saturated carbocycles. The van der Waals surface area contributed by atoms with Crippen molar-refractivity contribution < 1.29 is 9.90 Å². The Kier molecular flexibility index (Phi) is 7.16. The second kappa shape index (κ2) is 11.0. The molecule has 39 heavy (non-hydrogen) atoms. The van der Waals surface area contributed by atoms with Gasteiger partial charge in [0.25, 0.3) is 0 Å². The van der Waals surface area contributed by atoms with E-state index in [0.29, 0.717) is 5.92 Å². The molecule has 2 aromatic heterocycles. The van der Waals surface area contributed by atoms with Crippen molar-refractivity contribution in [2.45, 2.75) is 51.1 Å². The fraction of sp³-hybridized carbons (Fsp3) is 0.294. The summed E-state index contributed by atoms with van der Waals surface area (Å²) in [6.07, 6.45) is 6.33. The first-order valence-corrected chi connectivity index (χ1v) is 14.0. The Morgan fingerprint density at radius 1 is 0.923 bits per heavy atom. The molecule has 1 fully saturated rings. The number of hydrogen-bond acceptors (Lipinski definition) is 3. The van der Waals surface area contributed by atoms with Crippen LogP contribution in [-0.2, 0) is 11.3 Å². The quantitative estimate of drug-likeness (QED) is 0.242. The molecule has 1 amide bonds. The monoisotopic (exact) mass is 517 g/mol. The molecule has 1 aliphatic rings. The molecule has 0 bridgehead atoms. The lowest BCUT2D eigenvalue weighted by Crippen LogP contribution is -2.37. The summed E-state index contributed by atoms with van der Waals surface area (Å²) in [5.74, 6) is 0.1000. The average molecular weight is 518 g/mol. The zero-order valence-electron chi connectivity index (χ0n) is 22.4. The highest BCUT2D eigenvalue weighted by Gasteiger charge is 2.33. The van der Waals surface area contributed by atoms with Gasteiger partial charge in [-0.2, -0.15) is 0 Å². The number of aliphatic hydroxyl groups is 1. The maximum Gasteiger partial charge on any atom is 0.228 e. The van der Waals surface area contributed by atoms with E-state index < -0.39 is 6.04 Å². The van der Waals surface area contributed by atoms with Gasteiger partial charge in [-0.25, -0.2) is 0 Å². The van der Waals surface area contributed by atoms with Crippen LogP contribution in [0.25, 0.3) is 21.8 Å². The van der Waals surface area contributed by atoms with Crippen LogP contribution in [0.2, 0.25) is 0 Å². The molecule has 2 heterocycles. The van der Waals surface area contributed by atoms with E-state index in [1.165, 1.54) is 27.4 Å². The molecule has 2 N–H and O–H groups in total. The van der Waals surface area contributed by atoms with Gasteiger partial charge in [0.1, 0.15) is 0 Å². The summed E-state index contributed by atoms with van der Waals surface area (Å²) in [4.78, 5) is 18.2. The number of nitrogens with one attached hydrogen (secondary N) is 1. The van der Waals surface area contributed by atoms with Crippen LogP contribution in [0, 0.1) is 12.8 Å². The second-order valence-corrected chi connectivity index (χ2v) is 10.8. The maximum atomic E-state index is 13.7. The van der Waals surface area contributed by atoms with Crippen LogP contribution in [0.4, 0.5) is 0 Å².